The number of hydrogen-bond acceptors (Lipinski definition) is 6. The minimum Gasteiger partial charge on any atom is -0.382 e. The van der Waals surface area contributed by atoms with E-state index >= 15 is 0 Å². The van der Waals surface area contributed by atoms with Crippen molar-refractivity contribution in [1.82, 2.24) is 24.2 Å². The molecule has 11 heteroatoms. The number of amides is 1. The van der Waals surface area contributed by atoms with Gasteiger partial charge in [-0.25, -0.2) is 9.97 Å². The molecule has 0 aliphatic carbocycles. The van der Waals surface area contributed by atoms with Crippen LogP contribution < -0.4 is 5.73 Å². The number of nitrogens with zero attached hydrogens (tertiary/aromatic N) is 5. The highest BCUT2D eigenvalue weighted by molar-refractivity contribution is 5.85. The summed E-state index contributed by atoms with van der Waals surface area (Å²) in [7, 11) is 0. The molecule has 6 rings (SSSR count). The lowest BCUT2D eigenvalue weighted by molar-refractivity contribution is -0.143. The van der Waals surface area contributed by atoms with Crippen molar-refractivity contribution in [3.05, 3.63) is 83.4 Å². The van der Waals surface area contributed by atoms with Gasteiger partial charge in [0.1, 0.15) is 28.5 Å². The highest BCUT2D eigenvalue weighted by Crippen LogP contribution is 2.38. The van der Waals surface area contributed by atoms with E-state index in [-0.39, 0.29) is 23.4 Å². The molecule has 0 unspecified atom stereocenters. The molecule has 0 spiro atoms. The number of rotatable bonds is 5. The molecule has 4 aromatic rings. The number of imidazole rings is 1. The first-order chi connectivity index (χ1) is 20.3. The molecule has 0 bridgehead atoms. The molecule has 2 aliphatic heterocycles. The van der Waals surface area contributed by atoms with Crippen LogP contribution in [-0.2, 0) is 16.6 Å². The van der Waals surface area contributed by atoms with E-state index in [9.17, 15) is 23.1 Å². The van der Waals surface area contributed by atoms with Gasteiger partial charge in [-0.1, -0.05) is 36.4 Å². The lowest BCUT2D eigenvalue weighted by Crippen LogP contribution is -2.60. The number of aromatic nitrogens is 3. The number of alkyl halides is 3. The molecule has 2 saturated heterocycles. The Morgan fingerprint density at radius 2 is 1.74 bits per heavy atom. The molecule has 4 heterocycles. The number of hydrogen-bond donors (Lipinski definition) is 2. The van der Waals surface area contributed by atoms with Crippen molar-refractivity contribution in [3.63, 3.8) is 0 Å². The van der Waals surface area contributed by atoms with Crippen LogP contribution in [0.2, 0.25) is 0 Å². The van der Waals surface area contributed by atoms with Gasteiger partial charge >= 0.3 is 6.18 Å². The minimum atomic E-state index is -4.52. The summed E-state index contributed by atoms with van der Waals surface area (Å²) in [5.74, 6) is 1.26. The molecule has 43 heavy (non-hydrogen) atoms. The van der Waals surface area contributed by atoms with Crippen molar-refractivity contribution in [1.29, 1.82) is 0 Å². The third-order valence-corrected chi connectivity index (χ3v) is 8.99. The maximum absolute atomic E-state index is 13.3. The lowest BCUT2D eigenvalue weighted by Gasteiger charge is -2.46. The Bertz CT molecular complexity index is 1660. The van der Waals surface area contributed by atoms with Gasteiger partial charge < -0.3 is 15.7 Å². The van der Waals surface area contributed by atoms with Crippen LogP contribution in [0.3, 0.4) is 0 Å². The number of carbonyl (C=O) groups excluding carboxylic acids is 1. The molecule has 2 aromatic heterocycles. The molecule has 2 fully saturated rings. The van der Waals surface area contributed by atoms with Crippen molar-refractivity contribution in [2.24, 2.45) is 0 Å². The Hall–Kier alpha value is -3.96. The number of piperidine rings is 1. The van der Waals surface area contributed by atoms with Gasteiger partial charge in [-0.05, 0) is 56.9 Å². The second-order valence-electron chi connectivity index (χ2n) is 12.1. The van der Waals surface area contributed by atoms with Crippen LogP contribution in [-0.4, -0.2) is 66.9 Å². The molecule has 3 N–H and O–H groups in total. The second kappa shape index (κ2) is 10.6. The summed E-state index contributed by atoms with van der Waals surface area (Å²) in [6.07, 6.45) is 0.697. The van der Waals surface area contributed by atoms with E-state index in [0.29, 0.717) is 41.7 Å². The van der Waals surface area contributed by atoms with Crippen molar-refractivity contribution in [3.8, 4) is 11.3 Å². The number of piperazine rings is 1. The van der Waals surface area contributed by atoms with Crippen molar-refractivity contribution >= 4 is 17.2 Å². The van der Waals surface area contributed by atoms with E-state index in [0.717, 1.165) is 42.9 Å². The van der Waals surface area contributed by atoms with Crippen LogP contribution in [0.15, 0.2) is 60.9 Å². The Morgan fingerprint density at radius 3 is 2.44 bits per heavy atom. The van der Waals surface area contributed by atoms with Crippen LogP contribution in [0.5, 0.6) is 0 Å². The summed E-state index contributed by atoms with van der Waals surface area (Å²) in [6.45, 7) is 7.57. The zero-order valence-corrected chi connectivity index (χ0v) is 24.3. The van der Waals surface area contributed by atoms with Crippen molar-refractivity contribution < 1.29 is 23.1 Å². The fraction of sp³-hybridized carbons (Fsp3) is 0.406. The Balaban J connectivity index is 1.32. The van der Waals surface area contributed by atoms with Gasteiger partial charge in [0.05, 0.1) is 12.1 Å². The number of fused-ring (bicyclic) bond motifs is 2. The van der Waals surface area contributed by atoms with E-state index in [2.05, 4.69) is 23.7 Å². The fourth-order valence-electron chi connectivity index (χ4n) is 6.42. The average Bonchev–Trinajstić information content (AvgIpc) is 3.37. The number of aliphatic hydroxyl groups is 1. The zero-order valence-electron chi connectivity index (χ0n) is 24.3. The second-order valence-corrected chi connectivity index (χ2v) is 12.1. The first kappa shape index (κ1) is 29.1. The summed E-state index contributed by atoms with van der Waals surface area (Å²) in [4.78, 5) is 26.7. The van der Waals surface area contributed by atoms with Gasteiger partial charge in [-0.2, -0.15) is 13.2 Å². The number of anilines is 1. The van der Waals surface area contributed by atoms with Crippen LogP contribution in [0.4, 0.5) is 19.0 Å². The summed E-state index contributed by atoms with van der Waals surface area (Å²) in [5.41, 5.74) is 6.43. The number of benzene rings is 2. The third-order valence-electron chi connectivity index (χ3n) is 8.99. The lowest BCUT2D eigenvalue weighted by atomic mass is 9.87. The highest BCUT2D eigenvalue weighted by atomic mass is 19.4. The molecule has 3 atom stereocenters. The van der Waals surface area contributed by atoms with Crippen LogP contribution in [0.25, 0.3) is 16.8 Å². The molecule has 0 saturated carbocycles. The van der Waals surface area contributed by atoms with Gasteiger partial charge in [-0.15, -0.1) is 0 Å². The Labute approximate surface area is 248 Å². The maximum atomic E-state index is 13.3. The molecular weight excluding hydrogens is 557 g/mol. The first-order valence-corrected chi connectivity index (χ1v) is 14.5. The van der Waals surface area contributed by atoms with Crippen molar-refractivity contribution in [2.45, 2.75) is 63.4 Å². The molecule has 2 aliphatic rings. The van der Waals surface area contributed by atoms with Gasteiger partial charge in [-0.3, -0.25) is 14.1 Å². The van der Waals surface area contributed by atoms with E-state index in [1.807, 2.05) is 15.5 Å². The predicted molar refractivity (Wildman–Crippen MR) is 157 cm³/mol. The van der Waals surface area contributed by atoms with E-state index in [1.165, 1.54) is 19.1 Å². The van der Waals surface area contributed by atoms with E-state index in [4.69, 9.17) is 10.7 Å². The number of nitrogen functional groups attached to an aromatic ring is 1. The van der Waals surface area contributed by atoms with Crippen molar-refractivity contribution in [2.75, 3.05) is 25.4 Å². The monoisotopic (exact) mass is 592 g/mol. The summed E-state index contributed by atoms with van der Waals surface area (Å²) in [6, 6.07) is 12.2. The minimum absolute atomic E-state index is 0.00904. The molecular formula is C32H35F3N6O2. The first-order valence-electron chi connectivity index (χ1n) is 14.5. The number of carbonyl (C=O) groups is 1. The zero-order chi connectivity index (χ0) is 30.7. The smallest absolute Gasteiger partial charge is 0.382 e. The summed E-state index contributed by atoms with van der Waals surface area (Å²) in [5, 5.41) is 11.3. The summed E-state index contributed by atoms with van der Waals surface area (Å²) >= 11 is 0. The quantitative estimate of drug-likeness (QED) is 0.337. The normalized spacial score (nSPS) is 21.3. The molecule has 8 nitrogen and oxygen atoms in total. The number of nitrogens with two attached hydrogens (primary N) is 1. The van der Waals surface area contributed by atoms with Gasteiger partial charge in [0.25, 0.3) is 0 Å². The Kier molecular flexibility index (Phi) is 7.21. The predicted octanol–water partition coefficient (Wildman–Crippen LogP) is 5.05. The maximum Gasteiger partial charge on any atom is 0.416 e. The molecule has 0 radical (unpaired) electrons. The fourth-order valence-corrected chi connectivity index (χ4v) is 6.42. The average molecular weight is 593 g/mol. The van der Waals surface area contributed by atoms with E-state index in [1.54, 1.807) is 30.5 Å². The topological polar surface area (TPSA) is 100.0 Å². The Morgan fingerprint density at radius 1 is 1.02 bits per heavy atom. The third kappa shape index (κ3) is 5.25. The van der Waals surface area contributed by atoms with E-state index < -0.39 is 17.3 Å². The van der Waals surface area contributed by atoms with Gasteiger partial charge in [0.15, 0.2) is 0 Å². The largest absolute Gasteiger partial charge is 0.416 e. The van der Waals surface area contributed by atoms with Gasteiger partial charge in [0, 0.05) is 49.0 Å². The standard InChI is InChI=1S/C32H35F3N6O2/c1-19(2)39-17-25-12-9-21(16-41(25)26(42)18-39)30-38-27(28-29(36)37-13-14-40(28)30)20-7-10-22(11-8-20)31(3,43)23-5-4-6-24(15-23)32(33,34)35/h4-8,10-11,13-15,19,21,25,43H,9,12,16-18H2,1-3H3,(H2,36,37)/t21-,25+,31-/m1/s1. The summed E-state index contributed by atoms with van der Waals surface area (Å²) < 4.78 is 41.9. The number of halogens is 3. The highest BCUT2D eigenvalue weighted by Gasteiger charge is 2.40. The SMILES string of the molecule is CC(C)N1CC(=O)N2C[C@H](c3nc(-c4ccc([C@@](C)(O)c5cccc(C(F)(F)F)c5)cc4)c4c(N)nccn34)CC[C@H]2C1. The van der Waals surface area contributed by atoms with Gasteiger partial charge in [0.2, 0.25) is 5.91 Å². The van der Waals surface area contributed by atoms with Crippen LogP contribution in [0.1, 0.15) is 62.0 Å². The molecule has 2 aromatic carbocycles. The molecule has 226 valence electrons. The van der Waals surface area contributed by atoms with Crippen LogP contribution >= 0.6 is 0 Å². The molecule has 1 amide bonds. The van der Waals surface area contributed by atoms with Crippen LogP contribution in [0, 0.1) is 0 Å².